The number of hydrogen-bond donors (Lipinski definition) is 0. The van der Waals surface area contributed by atoms with Gasteiger partial charge < -0.3 is 0 Å². The van der Waals surface area contributed by atoms with Crippen molar-refractivity contribution in [2.75, 3.05) is 0 Å². The molecular formula is C12H15N. The van der Waals surface area contributed by atoms with Crippen LogP contribution in [0.3, 0.4) is 0 Å². The van der Waals surface area contributed by atoms with E-state index < -0.39 is 0 Å². The molecule has 1 heteroatoms. The van der Waals surface area contributed by atoms with Gasteiger partial charge in [0.05, 0.1) is 6.07 Å². The van der Waals surface area contributed by atoms with Crippen LogP contribution in [0.4, 0.5) is 0 Å². The van der Waals surface area contributed by atoms with Crippen LogP contribution in [-0.2, 0) is 0 Å². The molecule has 0 heterocycles. The molecule has 0 radical (unpaired) electrons. The Morgan fingerprint density at radius 2 is 2.00 bits per heavy atom. The number of hydrogen-bond acceptors (Lipinski definition) is 1. The molecule has 0 aromatic heterocycles. The molecule has 0 aliphatic rings. The van der Waals surface area contributed by atoms with Crippen LogP contribution in [0.5, 0.6) is 0 Å². The normalized spacial score (nSPS) is 12.0. The molecule has 68 valence electrons. The lowest BCUT2D eigenvalue weighted by Crippen LogP contribution is -1.92. The number of nitriles is 1. The minimum atomic E-state index is 0.578. The fourth-order valence-corrected chi connectivity index (χ4v) is 1.44. The van der Waals surface area contributed by atoms with Crippen molar-refractivity contribution in [3.8, 4) is 6.07 Å². The lowest BCUT2D eigenvalue weighted by Gasteiger charge is -2.09. The molecule has 0 amide bonds. The molecule has 0 saturated heterocycles. The van der Waals surface area contributed by atoms with Gasteiger partial charge in [-0.3, -0.25) is 0 Å². The summed E-state index contributed by atoms with van der Waals surface area (Å²) in [5, 5.41) is 8.40. The van der Waals surface area contributed by atoms with E-state index in [0.29, 0.717) is 12.3 Å². The quantitative estimate of drug-likeness (QED) is 0.639. The monoisotopic (exact) mass is 173 g/mol. The summed E-state index contributed by atoms with van der Waals surface area (Å²) in [6.07, 6.45) is 2.79. The maximum atomic E-state index is 8.40. The average molecular weight is 173 g/mol. The molecule has 0 aliphatic heterocycles. The molecule has 0 N–H and O–H groups in total. The van der Waals surface area contributed by atoms with E-state index in [0.717, 1.165) is 12.8 Å². The summed E-state index contributed by atoms with van der Waals surface area (Å²) >= 11 is 0. The van der Waals surface area contributed by atoms with Gasteiger partial charge in [-0.15, -0.1) is 0 Å². The maximum Gasteiger partial charge on any atom is 0.0621 e. The smallest absolute Gasteiger partial charge is 0.0621 e. The predicted octanol–water partition coefficient (Wildman–Crippen LogP) is 3.48. The zero-order valence-electron chi connectivity index (χ0n) is 8.03. The zero-order chi connectivity index (χ0) is 9.52. The first-order valence-corrected chi connectivity index (χ1v) is 4.76. The minimum Gasteiger partial charge on any atom is -0.198 e. The first kappa shape index (κ1) is 9.80. The SMILES string of the molecule is C[C@H](CCCC#N)c1ccccc1. The second-order valence-electron chi connectivity index (χ2n) is 3.36. The van der Waals surface area contributed by atoms with Crippen LogP contribution in [0.2, 0.25) is 0 Å². The Balaban J connectivity index is 2.41. The largest absolute Gasteiger partial charge is 0.198 e. The van der Waals surface area contributed by atoms with Crippen molar-refractivity contribution in [1.82, 2.24) is 0 Å². The molecule has 1 aromatic rings. The van der Waals surface area contributed by atoms with E-state index in [-0.39, 0.29) is 0 Å². The molecule has 1 nitrogen and oxygen atoms in total. The first-order chi connectivity index (χ1) is 6.34. The molecule has 0 saturated carbocycles. The molecule has 0 bridgehead atoms. The van der Waals surface area contributed by atoms with Gasteiger partial charge in [-0.1, -0.05) is 37.3 Å². The standard InChI is InChI=1S/C12H15N/c1-11(7-5-6-10-13)12-8-3-2-4-9-12/h2-4,8-9,11H,5-7H2,1H3/t11-/m1/s1. The van der Waals surface area contributed by atoms with Crippen LogP contribution in [0.1, 0.15) is 37.7 Å². The van der Waals surface area contributed by atoms with Crippen LogP contribution >= 0.6 is 0 Å². The lowest BCUT2D eigenvalue weighted by atomic mass is 9.96. The number of rotatable bonds is 4. The molecule has 0 fully saturated rings. The van der Waals surface area contributed by atoms with Crippen LogP contribution in [-0.4, -0.2) is 0 Å². The van der Waals surface area contributed by atoms with Gasteiger partial charge in [-0.25, -0.2) is 0 Å². The lowest BCUT2D eigenvalue weighted by molar-refractivity contribution is 0.643. The predicted molar refractivity (Wildman–Crippen MR) is 54.3 cm³/mol. The van der Waals surface area contributed by atoms with Crippen molar-refractivity contribution in [3.63, 3.8) is 0 Å². The maximum absolute atomic E-state index is 8.40. The van der Waals surface area contributed by atoms with Crippen molar-refractivity contribution >= 4 is 0 Å². The Hall–Kier alpha value is -1.29. The highest BCUT2D eigenvalue weighted by Crippen LogP contribution is 2.20. The van der Waals surface area contributed by atoms with Gasteiger partial charge in [0.25, 0.3) is 0 Å². The summed E-state index contributed by atoms with van der Waals surface area (Å²) < 4.78 is 0. The van der Waals surface area contributed by atoms with E-state index >= 15 is 0 Å². The molecule has 0 unspecified atom stereocenters. The average Bonchev–Trinajstić information content (AvgIpc) is 2.19. The Labute approximate surface area is 80.0 Å². The second kappa shape index (κ2) is 5.37. The van der Waals surface area contributed by atoms with Crippen LogP contribution < -0.4 is 0 Å². The number of nitrogens with zero attached hydrogens (tertiary/aromatic N) is 1. The Morgan fingerprint density at radius 3 is 2.62 bits per heavy atom. The third-order valence-corrected chi connectivity index (χ3v) is 2.29. The number of benzene rings is 1. The van der Waals surface area contributed by atoms with E-state index in [9.17, 15) is 0 Å². The summed E-state index contributed by atoms with van der Waals surface area (Å²) in [7, 11) is 0. The van der Waals surface area contributed by atoms with Crippen molar-refractivity contribution in [2.24, 2.45) is 0 Å². The summed E-state index contributed by atoms with van der Waals surface area (Å²) in [6.45, 7) is 2.21. The molecule has 1 atom stereocenters. The fourth-order valence-electron chi connectivity index (χ4n) is 1.44. The topological polar surface area (TPSA) is 23.8 Å². The Morgan fingerprint density at radius 1 is 1.31 bits per heavy atom. The highest BCUT2D eigenvalue weighted by atomic mass is 14.2. The highest BCUT2D eigenvalue weighted by Gasteiger charge is 2.03. The van der Waals surface area contributed by atoms with Gasteiger partial charge in [0.2, 0.25) is 0 Å². The highest BCUT2D eigenvalue weighted by molar-refractivity contribution is 5.18. The van der Waals surface area contributed by atoms with Gasteiger partial charge in [0.1, 0.15) is 0 Å². The van der Waals surface area contributed by atoms with Crippen molar-refractivity contribution in [2.45, 2.75) is 32.1 Å². The summed E-state index contributed by atoms with van der Waals surface area (Å²) in [5.74, 6) is 0.578. The van der Waals surface area contributed by atoms with Crippen LogP contribution in [0, 0.1) is 11.3 Å². The molecule has 0 spiro atoms. The van der Waals surface area contributed by atoms with Crippen LogP contribution in [0.15, 0.2) is 30.3 Å². The van der Waals surface area contributed by atoms with Crippen molar-refractivity contribution in [1.29, 1.82) is 5.26 Å². The van der Waals surface area contributed by atoms with Crippen molar-refractivity contribution < 1.29 is 0 Å². The fraction of sp³-hybridized carbons (Fsp3) is 0.417. The van der Waals surface area contributed by atoms with Gasteiger partial charge in [-0.05, 0) is 24.3 Å². The summed E-state index contributed by atoms with van der Waals surface area (Å²) in [5.41, 5.74) is 1.38. The van der Waals surface area contributed by atoms with Crippen molar-refractivity contribution in [3.05, 3.63) is 35.9 Å². The van der Waals surface area contributed by atoms with Gasteiger partial charge in [0.15, 0.2) is 0 Å². The van der Waals surface area contributed by atoms with Crippen LogP contribution in [0.25, 0.3) is 0 Å². The Kier molecular flexibility index (Phi) is 4.05. The van der Waals surface area contributed by atoms with Gasteiger partial charge in [0, 0.05) is 6.42 Å². The van der Waals surface area contributed by atoms with E-state index in [1.54, 1.807) is 0 Å². The van der Waals surface area contributed by atoms with E-state index in [1.165, 1.54) is 5.56 Å². The van der Waals surface area contributed by atoms with Gasteiger partial charge in [-0.2, -0.15) is 5.26 Å². The third kappa shape index (κ3) is 3.29. The molecule has 1 rings (SSSR count). The summed E-state index contributed by atoms with van der Waals surface area (Å²) in [6, 6.07) is 12.6. The minimum absolute atomic E-state index is 0.578. The summed E-state index contributed by atoms with van der Waals surface area (Å²) in [4.78, 5) is 0. The third-order valence-electron chi connectivity index (χ3n) is 2.29. The molecule has 1 aromatic carbocycles. The number of unbranched alkanes of at least 4 members (excludes halogenated alkanes) is 1. The van der Waals surface area contributed by atoms with E-state index in [2.05, 4.69) is 37.3 Å². The second-order valence-corrected chi connectivity index (χ2v) is 3.36. The molecule has 13 heavy (non-hydrogen) atoms. The first-order valence-electron chi connectivity index (χ1n) is 4.76. The van der Waals surface area contributed by atoms with E-state index in [4.69, 9.17) is 5.26 Å². The van der Waals surface area contributed by atoms with Gasteiger partial charge >= 0.3 is 0 Å². The zero-order valence-corrected chi connectivity index (χ0v) is 8.03. The molecular weight excluding hydrogens is 158 g/mol. The molecule has 0 aliphatic carbocycles. The van der Waals surface area contributed by atoms with E-state index in [1.807, 2.05) is 6.07 Å². The Bertz CT molecular complexity index is 271.